The Morgan fingerprint density at radius 2 is 2.21 bits per heavy atom. The van der Waals surface area contributed by atoms with Crippen LogP contribution in [0.4, 0.5) is 17.1 Å². The molecule has 0 bridgehead atoms. The van der Waals surface area contributed by atoms with Crippen molar-refractivity contribution in [3.8, 4) is 5.75 Å². The van der Waals surface area contributed by atoms with E-state index in [0.717, 1.165) is 31.5 Å². The van der Waals surface area contributed by atoms with Crippen molar-refractivity contribution >= 4 is 17.1 Å². The molecular formula is C13H19N3O3. The lowest BCUT2D eigenvalue weighted by Crippen LogP contribution is -2.19. The fraction of sp³-hybridized carbons (Fsp3) is 0.538. The summed E-state index contributed by atoms with van der Waals surface area (Å²) >= 11 is 0. The van der Waals surface area contributed by atoms with E-state index in [0.29, 0.717) is 11.4 Å². The predicted octanol–water partition coefficient (Wildman–Crippen LogP) is 2.56. The van der Waals surface area contributed by atoms with Crippen molar-refractivity contribution in [3.05, 3.63) is 22.2 Å². The molecule has 0 aromatic heterocycles. The first kappa shape index (κ1) is 13.5. The van der Waals surface area contributed by atoms with Crippen molar-refractivity contribution < 1.29 is 9.66 Å². The van der Waals surface area contributed by atoms with E-state index in [9.17, 15) is 10.1 Å². The molecule has 6 nitrogen and oxygen atoms in total. The maximum atomic E-state index is 11.0. The highest BCUT2D eigenvalue weighted by atomic mass is 16.6. The van der Waals surface area contributed by atoms with E-state index in [2.05, 4.69) is 6.92 Å². The maximum absolute atomic E-state index is 11.0. The quantitative estimate of drug-likeness (QED) is 0.485. The molecule has 0 saturated heterocycles. The summed E-state index contributed by atoms with van der Waals surface area (Å²) in [7, 11) is 1.92. The molecule has 0 atom stereocenters. The minimum absolute atomic E-state index is 0.0574. The van der Waals surface area contributed by atoms with Gasteiger partial charge in [0.2, 0.25) is 0 Å². The van der Waals surface area contributed by atoms with Crippen molar-refractivity contribution in [1.29, 1.82) is 0 Å². The van der Waals surface area contributed by atoms with Crippen molar-refractivity contribution in [2.45, 2.75) is 32.3 Å². The second-order valence-electron chi connectivity index (χ2n) is 4.87. The Bertz CT molecular complexity index is 486. The summed E-state index contributed by atoms with van der Waals surface area (Å²) in [6, 6.07) is 3.07. The number of nitrogen functional groups attached to an aromatic ring is 1. The molecule has 1 aromatic rings. The van der Waals surface area contributed by atoms with Crippen molar-refractivity contribution in [1.82, 2.24) is 0 Å². The second-order valence-corrected chi connectivity index (χ2v) is 4.87. The normalized spacial score (nSPS) is 14.2. The van der Waals surface area contributed by atoms with Gasteiger partial charge in [-0.15, -0.1) is 0 Å². The lowest BCUT2D eigenvalue weighted by atomic mass is 10.2. The lowest BCUT2D eigenvalue weighted by Gasteiger charge is -2.21. The number of benzene rings is 1. The molecule has 2 N–H and O–H groups in total. The Morgan fingerprint density at radius 1 is 1.53 bits per heavy atom. The number of rotatable bonds is 6. The highest BCUT2D eigenvalue weighted by Gasteiger charge is 2.28. The Balaban J connectivity index is 2.36. The molecule has 1 aliphatic carbocycles. The van der Waals surface area contributed by atoms with Crippen LogP contribution in [0.5, 0.6) is 5.75 Å². The highest BCUT2D eigenvalue weighted by molar-refractivity contribution is 5.74. The molecule has 0 radical (unpaired) electrons. The minimum Gasteiger partial charge on any atom is -0.483 e. The van der Waals surface area contributed by atoms with Crippen molar-refractivity contribution in [2.24, 2.45) is 0 Å². The van der Waals surface area contributed by atoms with Crippen LogP contribution in [-0.4, -0.2) is 24.6 Å². The molecular weight excluding hydrogens is 246 g/mol. The molecule has 1 saturated carbocycles. The Kier molecular flexibility index (Phi) is 3.78. The largest absolute Gasteiger partial charge is 0.483 e. The third-order valence-electron chi connectivity index (χ3n) is 3.09. The van der Waals surface area contributed by atoms with Crippen molar-refractivity contribution in [3.63, 3.8) is 0 Å². The van der Waals surface area contributed by atoms with Gasteiger partial charge < -0.3 is 15.4 Å². The van der Waals surface area contributed by atoms with Gasteiger partial charge in [0, 0.05) is 25.7 Å². The number of nitro benzene ring substituents is 1. The highest BCUT2D eigenvalue weighted by Crippen LogP contribution is 2.39. The summed E-state index contributed by atoms with van der Waals surface area (Å²) in [5.41, 5.74) is 7.04. The van der Waals surface area contributed by atoms with E-state index < -0.39 is 4.92 Å². The first-order valence-electron chi connectivity index (χ1n) is 6.48. The zero-order chi connectivity index (χ0) is 14.0. The second kappa shape index (κ2) is 5.34. The van der Waals surface area contributed by atoms with Gasteiger partial charge in [-0.25, -0.2) is 0 Å². The van der Waals surface area contributed by atoms with Gasteiger partial charge in [0.15, 0.2) is 5.75 Å². The molecule has 104 valence electrons. The van der Waals surface area contributed by atoms with Gasteiger partial charge in [0.05, 0.1) is 22.4 Å². The fourth-order valence-corrected chi connectivity index (χ4v) is 1.96. The third kappa shape index (κ3) is 3.07. The van der Waals surface area contributed by atoms with Crippen LogP contribution in [0.1, 0.15) is 26.2 Å². The molecule has 1 aromatic carbocycles. The van der Waals surface area contributed by atoms with Gasteiger partial charge in [0.25, 0.3) is 0 Å². The summed E-state index contributed by atoms with van der Waals surface area (Å²) in [6.45, 7) is 2.91. The van der Waals surface area contributed by atoms with Gasteiger partial charge in [0.1, 0.15) is 0 Å². The summed E-state index contributed by atoms with van der Waals surface area (Å²) < 4.78 is 5.62. The van der Waals surface area contributed by atoms with Crippen LogP contribution < -0.4 is 15.4 Å². The number of nitro groups is 1. The summed E-state index contributed by atoms with van der Waals surface area (Å²) in [4.78, 5) is 12.6. The van der Waals surface area contributed by atoms with E-state index in [1.54, 1.807) is 6.07 Å². The summed E-state index contributed by atoms with van der Waals surface area (Å²) in [6.07, 6.45) is 3.02. The monoisotopic (exact) mass is 265 g/mol. The Hall–Kier alpha value is -1.98. The molecule has 19 heavy (non-hydrogen) atoms. The Labute approximate surface area is 112 Å². The third-order valence-corrected chi connectivity index (χ3v) is 3.09. The van der Waals surface area contributed by atoms with Crippen LogP contribution in [0.3, 0.4) is 0 Å². The van der Waals surface area contributed by atoms with Gasteiger partial charge in [-0.3, -0.25) is 10.1 Å². The van der Waals surface area contributed by atoms with Crippen LogP contribution in [0.2, 0.25) is 0 Å². The van der Waals surface area contributed by atoms with E-state index in [1.807, 2.05) is 11.9 Å². The number of hydrogen-bond donors (Lipinski definition) is 1. The van der Waals surface area contributed by atoms with E-state index >= 15 is 0 Å². The number of hydrogen-bond acceptors (Lipinski definition) is 5. The topological polar surface area (TPSA) is 81.6 Å². The number of nitrogens with two attached hydrogens (primary N) is 1. The maximum Gasteiger partial charge on any atom is 0.313 e. The van der Waals surface area contributed by atoms with E-state index in [-0.39, 0.29) is 11.8 Å². The van der Waals surface area contributed by atoms with Gasteiger partial charge >= 0.3 is 5.69 Å². The zero-order valence-electron chi connectivity index (χ0n) is 11.3. The predicted molar refractivity (Wildman–Crippen MR) is 74.7 cm³/mol. The first-order valence-corrected chi connectivity index (χ1v) is 6.48. The molecule has 1 aliphatic rings. The van der Waals surface area contributed by atoms with Crippen LogP contribution >= 0.6 is 0 Å². The average Bonchev–Trinajstić information content (AvgIpc) is 3.14. The number of anilines is 2. The molecule has 0 amide bonds. The smallest absolute Gasteiger partial charge is 0.313 e. The molecule has 6 heteroatoms. The molecule has 1 fully saturated rings. The Morgan fingerprint density at radius 3 is 2.74 bits per heavy atom. The molecule has 0 unspecified atom stereocenters. The van der Waals surface area contributed by atoms with Crippen molar-refractivity contribution in [2.75, 3.05) is 24.2 Å². The molecule has 0 spiro atoms. The zero-order valence-corrected chi connectivity index (χ0v) is 11.3. The number of nitrogens with zero attached hydrogens (tertiary/aromatic N) is 2. The van der Waals surface area contributed by atoms with Gasteiger partial charge in [-0.1, -0.05) is 6.92 Å². The summed E-state index contributed by atoms with van der Waals surface area (Å²) in [5.74, 6) is 0.319. The van der Waals surface area contributed by atoms with Crippen LogP contribution in [0, 0.1) is 10.1 Å². The molecule has 0 heterocycles. The van der Waals surface area contributed by atoms with E-state index in [4.69, 9.17) is 10.5 Å². The minimum atomic E-state index is -0.447. The standard InChI is InChI=1S/C13H19N3O3/c1-3-6-15(2)11-8-13(19-9-4-5-9)12(16(17)18)7-10(11)14/h7-9H,3-6,14H2,1-2H3. The van der Waals surface area contributed by atoms with Crippen LogP contribution in [0.15, 0.2) is 12.1 Å². The van der Waals surface area contributed by atoms with Gasteiger partial charge in [-0.2, -0.15) is 0 Å². The summed E-state index contributed by atoms with van der Waals surface area (Å²) in [5, 5.41) is 11.0. The SMILES string of the molecule is CCCN(C)c1cc(OC2CC2)c([N+](=O)[O-])cc1N. The van der Waals surface area contributed by atoms with Crippen LogP contribution in [0.25, 0.3) is 0 Å². The van der Waals surface area contributed by atoms with Crippen LogP contribution in [-0.2, 0) is 0 Å². The molecule has 2 rings (SSSR count). The lowest BCUT2D eigenvalue weighted by molar-refractivity contribution is -0.385. The van der Waals surface area contributed by atoms with Gasteiger partial charge in [-0.05, 0) is 19.3 Å². The number of ether oxygens (including phenoxy) is 1. The van der Waals surface area contributed by atoms with E-state index in [1.165, 1.54) is 6.07 Å². The fourth-order valence-electron chi connectivity index (χ4n) is 1.96. The average molecular weight is 265 g/mol. The molecule has 0 aliphatic heterocycles. The first-order chi connectivity index (χ1) is 9.02.